The van der Waals surface area contributed by atoms with Gasteiger partial charge < -0.3 is 15.3 Å². The van der Waals surface area contributed by atoms with Gasteiger partial charge in [0, 0.05) is 44.1 Å². The van der Waals surface area contributed by atoms with E-state index in [1.54, 1.807) is 0 Å². The van der Waals surface area contributed by atoms with Gasteiger partial charge in [-0.2, -0.15) is 0 Å². The summed E-state index contributed by atoms with van der Waals surface area (Å²) in [6, 6.07) is 12.3. The number of halogens is 1. The molecular weight excluding hydrogens is 471 g/mol. The molecule has 7 heteroatoms. The number of aliphatic imine (C=N–C) groups is 1. The Morgan fingerprint density at radius 1 is 1.11 bits per heavy atom. The monoisotopic (exact) mass is 500 g/mol. The van der Waals surface area contributed by atoms with Gasteiger partial charge >= 0.3 is 0 Å². The SMILES string of the molecule is CCNC(=NCc1ccccc1CO)N1CCN(Cc2cccs2)CC1.I. The first-order chi connectivity index (χ1) is 12.8. The fourth-order valence-corrected chi connectivity index (χ4v) is 3.94. The molecule has 1 aliphatic rings. The smallest absolute Gasteiger partial charge is 0.194 e. The Kier molecular flexibility index (Phi) is 9.53. The van der Waals surface area contributed by atoms with Gasteiger partial charge in [0.25, 0.3) is 0 Å². The van der Waals surface area contributed by atoms with Gasteiger partial charge in [-0.1, -0.05) is 30.3 Å². The lowest BCUT2D eigenvalue weighted by Crippen LogP contribution is -2.52. The van der Waals surface area contributed by atoms with Crippen molar-refractivity contribution in [2.24, 2.45) is 4.99 Å². The van der Waals surface area contributed by atoms with Crippen molar-refractivity contribution in [3.8, 4) is 0 Å². The molecule has 0 aliphatic carbocycles. The summed E-state index contributed by atoms with van der Waals surface area (Å²) >= 11 is 1.83. The van der Waals surface area contributed by atoms with E-state index in [0.717, 1.165) is 56.4 Å². The molecule has 1 aliphatic heterocycles. The summed E-state index contributed by atoms with van der Waals surface area (Å²) in [5.41, 5.74) is 2.04. The highest BCUT2D eigenvalue weighted by Crippen LogP contribution is 2.14. The van der Waals surface area contributed by atoms with E-state index < -0.39 is 0 Å². The van der Waals surface area contributed by atoms with Crippen molar-refractivity contribution in [3.63, 3.8) is 0 Å². The summed E-state index contributed by atoms with van der Waals surface area (Å²) in [4.78, 5) is 11.1. The van der Waals surface area contributed by atoms with Crippen LogP contribution in [0.4, 0.5) is 0 Å². The average molecular weight is 500 g/mol. The van der Waals surface area contributed by atoms with Gasteiger partial charge in [0.1, 0.15) is 0 Å². The van der Waals surface area contributed by atoms with Crippen LogP contribution >= 0.6 is 35.3 Å². The maximum Gasteiger partial charge on any atom is 0.194 e. The molecule has 1 aromatic heterocycles. The molecule has 2 heterocycles. The van der Waals surface area contributed by atoms with Crippen molar-refractivity contribution < 1.29 is 5.11 Å². The van der Waals surface area contributed by atoms with Gasteiger partial charge in [0.05, 0.1) is 13.2 Å². The van der Waals surface area contributed by atoms with Gasteiger partial charge in [0.2, 0.25) is 0 Å². The van der Waals surface area contributed by atoms with Gasteiger partial charge in [0.15, 0.2) is 5.96 Å². The second kappa shape index (κ2) is 11.6. The molecule has 0 unspecified atom stereocenters. The third kappa shape index (κ3) is 6.44. The molecule has 1 fully saturated rings. The van der Waals surface area contributed by atoms with Crippen LogP contribution < -0.4 is 5.32 Å². The Balaban J connectivity index is 0.00000261. The minimum absolute atomic E-state index is 0. The topological polar surface area (TPSA) is 51.1 Å². The van der Waals surface area contributed by atoms with Crippen LogP contribution in [0.25, 0.3) is 0 Å². The van der Waals surface area contributed by atoms with E-state index in [1.165, 1.54) is 4.88 Å². The Bertz CT molecular complexity index is 700. The van der Waals surface area contributed by atoms with Crippen LogP contribution in [-0.2, 0) is 19.7 Å². The second-order valence-corrected chi connectivity index (χ2v) is 7.47. The van der Waals surface area contributed by atoms with Crippen LogP contribution in [0.1, 0.15) is 22.9 Å². The van der Waals surface area contributed by atoms with Gasteiger partial charge in [-0.15, -0.1) is 35.3 Å². The van der Waals surface area contributed by atoms with Crippen LogP contribution in [0.2, 0.25) is 0 Å². The van der Waals surface area contributed by atoms with Crippen molar-refractivity contribution in [2.75, 3.05) is 32.7 Å². The summed E-state index contributed by atoms with van der Waals surface area (Å²) in [5, 5.41) is 15.1. The minimum Gasteiger partial charge on any atom is -0.392 e. The Labute approximate surface area is 183 Å². The molecule has 5 nitrogen and oxygen atoms in total. The zero-order valence-electron chi connectivity index (χ0n) is 15.8. The first-order valence-corrected chi connectivity index (χ1v) is 10.1. The van der Waals surface area contributed by atoms with Gasteiger partial charge in [-0.3, -0.25) is 4.90 Å². The van der Waals surface area contributed by atoms with Crippen molar-refractivity contribution >= 4 is 41.3 Å². The molecule has 0 atom stereocenters. The number of hydrogen-bond acceptors (Lipinski definition) is 4. The summed E-state index contributed by atoms with van der Waals surface area (Å²) in [6.07, 6.45) is 0. The predicted molar refractivity (Wildman–Crippen MR) is 124 cm³/mol. The lowest BCUT2D eigenvalue weighted by Gasteiger charge is -2.36. The lowest BCUT2D eigenvalue weighted by atomic mass is 10.1. The summed E-state index contributed by atoms with van der Waals surface area (Å²) in [7, 11) is 0. The molecule has 2 N–H and O–H groups in total. The molecule has 0 radical (unpaired) electrons. The number of aliphatic hydroxyl groups excluding tert-OH is 1. The maximum absolute atomic E-state index is 9.49. The number of nitrogens with zero attached hydrogens (tertiary/aromatic N) is 3. The van der Waals surface area contributed by atoms with E-state index in [2.05, 4.69) is 39.6 Å². The quantitative estimate of drug-likeness (QED) is 0.364. The number of thiophene rings is 1. The standard InChI is InChI=1S/C20H28N4OS.HI/c1-2-21-20(22-14-17-6-3-4-7-18(17)16-25)24-11-9-23(10-12-24)15-19-8-5-13-26-19;/h3-8,13,25H,2,9-12,14-16H2,1H3,(H,21,22);1H. The maximum atomic E-state index is 9.49. The average Bonchev–Trinajstić information content (AvgIpc) is 3.19. The van der Waals surface area contributed by atoms with Crippen molar-refractivity contribution in [1.82, 2.24) is 15.1 Å². The zero-order valence-corrected chi connectivity index (χ0v) is 19.0. The van der Waals surface area contributed by atoms with Crippen molar-refractivity contribution in [3.05, 3.63) is 57.8 Å². The molecule has 0 saturated carbocycles. The molecule has 27 heavy (non-hydrogen) atoms. The highest BCUT2D eigenvalue weighted by molar-refractivity contribution is 14.0. The summed E-state index contributed by atoms with van der Waals surface area (Å²) in [5.74, 6) is 0.969. The fourth-order valence-electron chi connectivity index (χ4n) is 3.19. The van der Waals surface area contributed by atoms with Crippen molar-refractivity contribution in [1.29, 1.82) is 0 Å². The van der Waals surface area contributed by atoms with Gasteiger partial charge in [-0.05, 0) is 29.5 Å². The molecule has 0 amide bonds. The van der Waals surface area contributed by atoms with E-state index in [-0.39, 0.29) is 30.6 Å². The Morgan fingerprint density at radius 2 is 1.85 bits per heavy atom. The van der Waals surface area contributed by atoms with Crippen molar-refractivity contribution in [2.45, 2.75) is 26.6 Å². The predicted octanol–water partition coefficient (Wildman–Crippen LogP) is 3.14. The lowest BCUT2D eigenvalue weighted by molar-refractivity contribution is 0.173. The normalized spacial score (nSPS) is 15.5. The molecule has 3 rings (SSSR count). The highest BCUT2D eigenvalue weighted by atomic mass is 127. The first kappa shape index (κ1) is 22.1. The van der Waals surface area contributed by atoms with E-state index in [4.69, 9.17) is 4.99 Å². The number of rotatable bonds is 6. The molecule has 1 saturated heterocycles. The largest absolute Gasteiger partial charge is 0.392 e. The van der Waals surface area contributed by atoms with Crippen LogP contribution in [0.5, 0.6) is 0 Å². The molecule has 1 aromatic carbocycles. The van der Waals surface area contributed by atoms with E-state index in [0.29, 0.717) is 6.54 Å². The van der Waals surface area contributed by atoms with Crippen LogP contribution in [0, 0.1) is 0 Å². The van der Waals surface area contributed by atoms with Crippen LogP contribution in [0.3, 0.4) is 0 Å². The Morgan fingerprint density at radius 3 is 2.48 bits per heavy atom. The highest BCUT2D eigenvalue weighted by Gasteiger charge is 2.19. The molecular formula is C20H29IN4OS. The number of guanidine groups is 1. The van der Waals surface area contributed by atoms with Crippen LogP contribution in [0.15, 0.2) is 46.8 Å². The van der Waals surface area contributed by atoms with Gasteiger partial charge in [-0.25, -0.2) is 4.99 Å². The van der Waals surface area contributed by atoms with E-state index in [9.17, 15) is 5.11 Å². The first-order valence-electron chi connectivity index (χ1n) is 9.25. The van der Waals surface area contributed by atoms with Crippen LogP contribution in [-0.4, -0.2) is 53.6 Å². The third-order valence-corrected chi connectivity index (χ3v) is 5.52. The fraction of sp³-hybridized carbons (Fsp3) is 0.450. The number of benzene rings is 1. The summed E-state index contributed by atoms with van der Waals surface area (Å²) < 4.78 is 0. The Hall–Kier alpha value is -1.16. The number of hydrogen-bond donors (Lipinski definition) is 2. The summed E-state index contributed by atoms with van der Waals surface area (Å²) in [6.45, 7) is 8.73. The zero-order chi connectivity index (χ0) is 18.2. The minimum atomic E-state index is 0. The molecule has 2 aromatic rings. The number of nitrogens with one attached hydrogen (secondary N) is 1. The third-order valence-electron chi connectivity index (χ3n) is 4.65. The molecule has 148 valence electrons. The van der Waals surface area contributed by atoms with E-state index >= 15 is 0 Å². The number of piperazine rings is 1. The molecule has 0 bridgehead atoms. The number of aliphatic hydroxyl groups is 1. The van der Waals surface area contributed by atoms with E-state index in [1.807, 2.05) is 35.6 Å². The second-order valence-electron chi connectivity index (χ2n) is 6.44. The molecule has 0 spiro atoms.